The standard InChI is InChI=1S/C9H20O/c1-4-6-7-9(3)8-10-5-2/h9H,4-8H2,1-3H3. The summed E-state index contributed by atoms with van der Waals surface area (Å²) < 4.78 is 5.29. The van der Waals surface area contributed by atoms with Crippen LogP contribution in [0.1, 0.15) is 40.0 Å². The molecule has 10 heavy (non-hydrogen) atoms. The summed E-state index contributed by atoms with van der Waals surface area (Å²) in [5.74, 6) is 0.750. The van der Waals surface area contributed by atoms with Crippen molar-refractivity contribution in [2.24, 2.45) is 5.92 Å². The maximum Gasteiger partial charge on any atom is 0.0491 e. The lowest BCUT2D eigenvalue weighted by Crippen LogP contribution is -2.05. The minimum absolute atomic E-state index is 0.750. The van der Waals surface area contributed by atoms with Gasteiger partial charge in [0.1, 0.15) is 0 Å². The summed E-state index contributed by atoms with van der Waals surface area (Å²) >= 11 is 0. The van der Waals surface area contributed by atoms with E-state index in [4.69, 9.17) is 4.74 Å². The van der Waals surface area contributed by atoms with Gasteiger partial charge in [-0.3, -0.25) is 0 Å². The molecule has 1 atom stereocenters. The molecule has 0 aromatic carbocycles. The van der Waals surface area contributed by atoms with E-state index in [1.807, 2.05) is 6.92 Å². The quantitative estimate of drug-likeness (QED) is 0.557. The second-order valence-electron chi connectivity index (χ2n) is 2.91. The fourth-order valence-electron chi connectivity index (χ4n) is 0.955. The third-order valence-corrected chi connectivity index (χ3v) is 1.66. The highest BCUT2D eigenvalue weighted by molar-refractivity contribution is 4.50. The Morgan fingerprint density at radius 1 is 1.30 bits per heavy atom. The highest BCUT2D eigenvalue weighted by Crippen LogP contribution is 2.07. The summed E-state index contributed by atoms with van der Waals surface area (Å²) in [6.45, 7) is 8.33. The van der Waals surface area contributed by atoms with Crippen LogP contribution in [-0.2, 0) is 4.74 Å². The largest absolute Gasteiger partial charge is 0.381 e. The molecule has 0 aromatic heterocycles. The number of ether oxygens (including phenoxy) is 1. The van der Waals surface area contributed by atoms with E-state index in [1.165, 1.54) is 19.3 Å². The van der Waals surface area contributed by atoms with Gasteiger partial charge < -0.3 is 4.74 Å². The van der Waals surface area contributed by atoms with E-state index >= 15 is 0 Å². The molecule has 0 heterocycles. The first-order valence-electron chi connectivity index (χ1n) is 4.39. The molecule has 1 heteroatoms. The van der Waals surface area contributed by atoms with Gasteiger partial charge in [0.05, 0.1) is 0 Å². The molecular weight excluding hydrogens is 124 g/mol. The van der Waals surface area contributed by atoms with Crippen LogP contribution in [0.15, 0.2) is 0 Å². The number of hydrogen-bond acceptors (Lipinski definition) is 1. The van der Waals surface area contributed by atoms with E-state index in [9.17, 15) is 0 Å². The van der Waals surface area contributed by atoms with Crippen molar-refractivity contribution in [3.05, 3.63) is 0 Å². The monoisotopic (exact) mass is 144 g/mol. The van der Waals surface area contributed by atoms with E-state index in [1.54, 1.807) is 0 Å². The Hall–Kier alpha value is -0.0400. The number of rotatable bonds is 6. The number of hydrogen-bond donors (Lipinski definition) is 0. The molecule has 0 radical (unpaired) electrons. The van der Waals surface area contributed by atoms with Crippen molar-refractivity contribution in [3.8, 4) is 0 Å². The zero-order valence-corrected chi connectivity index (χ0v) is 7.52. The molecule has 1 unspecified atom stereocenters. The SMILES string of the molecule is CCCCC(C)COCC. The van der Waals surface area contributed by atoms with Crippen LogP contribution < -0.4 is 0 Å². The Bertz CT molecular complexity index is 53.7. The molecule has 0 saturated heterocycles. The summed E-state index contributed by atoms with van der Waals surface area (Å²) in [7, 11) is 0. The highest BCUT2D eigenvalue weighted by Gasteiger charge is 1.99. The number of unbranched alkanes of at least 4 members (excludes halogenated alkanes) is 1. The van der Waals surface area contributed by atoms with Crippen molar-refractivity contribution < 1.29 is 4.74 Å². The molecule has 0 amide bonds. The average Bonchev–Trinajstić information content (AvgIpc) is 1.97. The topological polar surface area (TPSA) is 9.23 Å². The Labute approximate surface area is 64.8 Å². The Morgan fingerprint density at radius 2 is 2.00 bits per heavy atom. The molecule has 0 bridgehead atoms. The molecule has 0 aliphatic carbocycles. The normalized spacial score (nSPS) is 13.5. The van der Waals surface area contributed by atoms with E-state index < -0.39 is 0 Å². The summed E-state index contributed by atoms with van der Waals surface area (Å²) in [5, 5.41) is 0. The molecular formula is C9H20O. The predicted molar refractivity (Wildman–Crippen MR) is 45.2 cm³/mol. The zero-order valence-electron chi connectivity index (χ0n) is 7.52. The van der Waals surface area contributed by atoms with Gasteiger partial charge in [-0.2, -0.15) is 0 Å². The Kier molecular flexibility index (Phi) is 7.04. The summed E-state index contributed by atoms with van der Waals surface area (Å²) in [4.78, 5) is 0. The zero-order chi connectivity index (χ0) is 7.82. The minimum atomic E-state index is 0.750. The van der Waals surface area contributed by atoms with Gasteiger partial charge in [0.15, 0.2) is 0 Å². The third kappa shape index (κ3) is 6.09. The van der Waals surface area contributed by atoms with Gasteiger partial charge in [-0.25, -0.2) is 0 Å². The van der Waals surface area contributed by atoms with E-state index in [0.29, 0.717) is 0 Å². The fourth-order valence-corrected chi connectivity index (χ4v) is 0.955. The predicted octanol–water partition coefficient (Wildman–Crippen LogP) is 2.85. The Balaban J connectivity index is 3.00. The van der Waals surface area contributed by atoms with E-state index in [-0.39, 0.29) is 0 Å². The highest BCUT2D eigenvalue weighted by atomic mass is 16.5. The van der Waals surface area contributed by atoms with Gasteiger partial charge in [0, 0.05) is 13.2 Å². The van der Waals surface area contributed by atoms with Crippen LogP contribution in [0.2, 0.25) is 0 Å². The molecule has 0 N–H and O–H groups in total. The average molecular weight is 144 g/mol. The van der Waals surface area contributed by atoms with Crippen LogP contribution in [-0.4, -0.2) is 13.2 Å². The van der Waals surface area contributed by atoms with Crippen molar-refractivity contribution in [2.75, 3.05) is 13.2 Å². The van der Waals surface area contributed by atoms with Crippen molar-refractivity contribution in [2.45, 2.75) is 40.0 Å². The van der Waals surface area contributed by atoms with Crippen molar-refractivity contribution in [3.63, 3.8) is 0 Å². The van der Waals surface area contributed by atoms with E-state index in [0.717, 1.165) is 19.1 Å². The molecule has 0 saturated carbocycles. The van der Waals surface area contributed by atoms with Crippen LogP contribution in [0.3, 0.4) is 0 Å². The fraction of sp³-hybridized carbons (Fsp3) is 1.00. The second kappa shape index (κ2) is 7.07. The lowest BCUT2D eigenvalue weighted by atomic mass is 10.1. The van der Waals surface area contributed by atoms with Gasteiger partial charge in [0.2, 0.25) is 0 Å². The molecule has 1 nitrogen and oxygen atoms in total. The molecule has 0 aliphatic rings. The van der Waals surface area contributed by atoms with Gasteiger partial charge >= 0.3 is 0 Å². The van der Waals surface area contributed by atoms with Crippen LogP contribution in [0, 0.1) is 5.92 Å². The summed E-state index contributed by atoms with van der Waals surface area (Å²) in [6, 6.07) is 0. The molecule has 0 rings (SSSR count). The third-order valence-electron chi connectivity index (χ3n) is 1.66. The molecule has 0 fully saturated rings. The van der Waals surface area contributed by atoms with Gasteiger partial charge in [0.25, 0.3) is 0 Å². The maximum atomic E-state index is 5.29. The summed E-state index contributed by atoms with van der Waals surface area (Å²) in [6.07, 6.45) is 3.96. The van der Waals surface area contributed by atoms with Crippen LogP contribution in [0.25, 0.3) is 0 Å². The van der Waals surface area contributed by atoms with E-state index in [2.05, 4.69) is 13.8 Å². The van der Waals surface area contributed by atoms with Gasteiger partial charge in [-0.1, -0.05) is 26.7 Å². The minimum Gasteiger partial charge on any atom is -0.381 e. The smallest absolute Gasteiger partial charge is 0.0491 e. The molecule has 0 spiro atoms. The van der Waals surface area contributed by atoms with Gasteiger partial charge in [-0.15, -0.1) is 0 Å². The molecule has 62 valence electrons. The summed E-state index contributed by atoms with van der Waals surface area (Å²) in [5.41, 5.74) is 0. The first-order chi connectivity index (χ1) is 4.81. The maximum absolute atomic E-state index is 5.29. The van der Waals surface area contributed by atoms with Crippen molar-refractivity contribution in [1.82, 2.24) is 0 Å². The van der Waals surface area contributed by atoms with Gasteiger partial charge in [-0.05, 0) is 19.3 Å². The molecule has 0 aromatic rings. The van der Waals surface area contributed by atoms with Crippen LogP contribution >= 0.6 is 0 Å². The van der Waals surface area contributed by atoms with Crippen molar-refractivity contribution >= 4 is 0 Å². The lowest BCUT2D eigenvalue weighted by molar-refractivity contribution is 0.112. The van der Waals surface area contributed by atoms with Crippen molar-refractivity contribution in [1.29, 1.82) is 0 Å². The first-order valence-corrected chi connectivity index (χ1v) is 4.39. The van der Waals surface area contributed by atoms with Crippen LogP contribution in [0.4, 0.5) is 0 Å². The van der Waals surface area contributed by atoms with Crippen LogP contribution in [0.5, 0.6) is 0 Å². The molecule has 0 aliphatic heterocycles. The first kappa shape index (κ1) is 9.96. The second-order valence-corrected chi connectivity index (χ2v) is 2.91. The Morgan fingerprint density at radius 3 is 2.50 bits per heavy atom. The lowest BCUT2D eigenvalue weighted by Gasteiger charge is -2.09.